The minimum atomic E-state index is -0.141. The lowest BCUT2D eigenvalue weighted by Gasteiger charge is -2.21. The molecule has 0 N–H and O–H groups in total. The molecule has 0 aromatic heterocycles. The molecule has 1 heterocycles. The molecule has 1 rings (SSSR count). The van der Waals surface area contributed by atoms with Crippen LogP contribution < -0.4 is 0 Å². The Kier molecular flexibility index (Phi) is 1.89. The standard InChI is InChI=1S/C8H12N2O/c1-8(2,3)6-4-7(11)10-9-5-6/h5H,4H2,1-3H3. The molecule has 0 fully saturated rings. The van der Waals surface area contributed by atoms with Gasteiger partial charge in [-0.25, -0.2) is 0 Å². The summed E-state index contributed by atoms with van der Waals surface area (Å²) in [5, 5.41) is 7.02. The van der Waals surface area contributed by atoms with Crippen molar-refractivity contribution in [2.45, 2.75) is 27.2 Å². The van der Waals surface area contributed by atoms with Gasteiger partial charge in [0.1, 0.15) is 0 Å². The van der Waals surface area contributed by atoms with E-state index in [1.54, 1.807) is 6.20 Å². The molecular weight excluding hydrogens is 140 g/mol. The van der Waals surface area contributed by atoms with Crippen LogP contribution in [0.3, 0.4) is 0 Å². The summed E-state index contributed by atoms with van der Waals surface area (Å²) in [6.07, 6.45) is 2.11. The highest BCUT2D eigenvalue weighted by Crippen LogP contribution is 2.29. The first kappa shape index (κ1) is 8.11. The molecule has 1 aliphatic heterocycles. The van der Waals surface area contributed by atoms with Crippen LogP contribution in [0.1, 0.15) is 27.2 Å². The fourth-order valence-electron chi connectivity index (χ4n) is 0.866. The molecule has 1 aliphatic rings. The summed E-state index contributed by atoms with van der Waals surface area (Å²) in [4.78, 5) is 10.8. The van der Waals surface area contributed by atoms with Crippen molar-refractivity contribution in [3.63, 3.8) is 0 Å². The van der Waals surface area contributed by atoms with Crippen molar-refractivity contribution >= 4 is 5.91 Å². The topological polar surface area (TPSA) is 41.8 Å². The fraction of sp³-hybridized carbons (Fsp3) is 0.625. The van der Waals surface area contributed by atoms with Crippen molar-refractivity contribution in [3.8, 4) is 0 Å². The van der Waals surface area contributed by atoms with E-state index in [0.717, 1.165) is 5.57 Å². The molecule has 0 saturated carbocycles. The number of rotatable bonds is 0. The second kappa shape index (κ2) is 2.57. The van der Waals surface area contributed by atoms with Gasteiger partial charge in [-0.3, -0.25) is 4.79 Å². The first-order valence-corrected chi connectivity index (χ1v) is 3.63. The Bertz CT molecular complexity index is 233. The Morgan fingerprint density at radius 3 is 2.45 bits per heavy atom. The summed E-state index contributed by atoms with van der Waals surface area (Å²) in [6, 6.07) is 0. The van der Waals surface area contributed by atoms with Crippen LogP contribution in [0.5, 0.6) is 0 Å². The van der Waals surface area contributed by atoms with Gasteiger partial charge >= 0.3 is 0 Å². The molecule has 3 nitrogen and oxygen atoms in total. The number of hydrogen-bond acceptors (Lipinski definition) is 2. The van der Waals surface area contributed by atoms with Gasteiger partial charge < -0.3 is 0 Å². The highest BCUT2D eigenvalue weighted by Gasteiger charge is 2.21. The molecule has 11 heavy (non-hydrogen) atoms. The van der Waals surface area contributed by atoms with Crippen LogP contribution in [0, 0.1) is 5.41 Å². The van der Waals surface area contributed by atoms with Gasteiger partial charge in [-0.1, -0.05) is 20.8 Å². The normalized spacial score (nSPS) is 18.5. The van der Waals surface area contributed by atoms with E-state index in [0.29, 0.717) is 6.42 Å². The number of amides is 1. The average molecular weight is 152 g/mol. The summed E-state index contributed by atoms with van der Waals surface area (Å²) in [7, 11) is 0. The summed E-state index contributed by atoms with van der Waals surface area (Å²) in [5.74, 6) is -0.141. The smallest absolute Gasteiger partial charge is 0.268 e. The molecule has 0 spiro atoms. The van der Waals surface area contributed by atoms with Gasteiger partial charge in [-0.05, 0) is 11.0 Å². The minimum absolute atomic E-state index is 0.0368. The van der Waals surface area contributed by atoms with Crippen molar-refractivity contribution in [2.24, 2.45) is 15.6 Å². The van der Waals surface area contributed by atoms with Crippen molar-refractivity contribution in [1.29, 1.82) is 0 Å². The molecule has 0 bridgehead atoms. The van der Waals surface area contributed by atoms with E-state index in [-0.39, 0.29) is 11.3 Å². The maximum Gasteiger partial charge on any atom is 0.268 e. The maximum atomic E-state index is 10.8. The van der Waals surface area contributed by atoms with Crippen molar-refractivity contribution < 1.29 is 4.79 Å². The third kappa shape index (κ3) is 1.97. The van der Waals surface area contributed by atoms with Crippen LogP contribution in [-0.4, -0.2) is 5.91 Å². The lowest BCUT2D eigenvalue weighted by atomic mass is 9.85. The van der Waals surface area contributed by atoms with Gasteiger partial charge in [-0.15, -0.1) is 5.11 Å². The summed E-state index contributed by atoms with van der Waals surface area (Å²) >= 11 is 0. The largest absolute Gasteiger partial charge is 0.271 e. The molecule has 0 saturated heterocycles. The molecule has 0 atom stereocenters. The zero-order valence-electron chi connectivity index (χ0n) is 7.09. The average Bonchev–Trinajstić information content (AvgIpc) is 1.86. The number of carbonyl (C=O) groups is 1. The van der Waals surface area contributed by atoms with E-state index in [1.807, 2.05) is 0 Å². The molecule has 3 heteroatoms. The van der Waals surface area contributed by atoms with Crippen LogP contribution in [0.4, 0.5) is 0 Å². The number of carbonyl (C=O) groups excluding carboxylic acids is 1. The second-order valence-corrected chi connectivity index (χ2v) is 3.69. The van der Waals surface area contributed by atoms with E-state index < -0.39 is 0 Å². The first-order chi connectivity index (χ1) is 5.00. The van der Waals surface area contributed by atoms with Gasteiger partial charge in [0.2, 0.25) is 0 Å². The number of hydrogen-bond donors (Lipinski definition) is 0. The summed E-state index contributed by atoms with van der Waals surface area (Å²) in [6.45, 7) is 6.19. The van der Waals surface area contributed by atoms with E-state index in [9.17, 15) is 4.79 Å². The molecular formula is C8H12N2O. The zero-order chi connectivity index (χ0) is 8.48. The van der Waals surface area contributed by atoms with Gasteiger partial charge in [-0.2, -0.15) is 5.11 Å². The molecule has 0 unspecified atom stereocenters. The highest BCUT2D eigenvalue weighted by atomic mass is 16.1. The first-order valence-electron chi connectivity index (χ1n) is 3.63. The van der Waals surface area contributed by atoms with Crippen molar-refractivity contribution in [3.05, 3.63) is 11.8 Å². The van der Waals surface area contributed by atoms with Gasteiger partial charge in [0.05, 0.1) is 6.42 Å². The van der Waals surface area contributed by atoms with Gasteiger partial charge in [0, 0.05) is 6.20 Å². The Morgan fingerprint density at radius 1 is 1.45 bits per heavy atom. The highest BCUT2D eigenvalue weighted by molar-refractivity contribution is 5.79. The van der Waals surface area contributed by atoms with Gasteiger partial charge in [0.25, 0.3) is 5.91 Å². The number of nitrogens with zero attached hydrogens (tertiary/aromatic N) is 2. The Labute approximate surface area is 66.2 Å². The van der Waals surface area contributed by atoms with Crippen LogP contribution in [-0.2, 0) is 4.79 Å². The predicted octanol–water partition coefficient (Wildman–Crippen LogP) is 2.30. The van der Waals surface area contributed by atoms with Crippen LogP contribution in [0.2, 0.25) is 0 Å². The van der Waals surface area contributed by atoms with Crippen molar-refractivity contribution in [2.75, 3.05) is 0 Å². The molecule has 0 aromatic rings. The van der Waals surface area contributed by atoms with E-state index in [1.165, 1.54) is 0 Å². The van der Waals surface area contributed by atoms with Gasteiger partial charge in [0.15, 0.2) is 0 Å². The van der Waals surface area contributed by atoms with E-state index >= 15 is 0 Å². The molecule has 1 amide bonds. The maximum absolute atomic E-state index is 10.8. The molecule has 0 radical (unpaired) electrons. The Morgan fingerprint density at radius 2 is 2.09 bits per heavy atom. The third-order valence-electron chi connectivity index (χ3n) is 1.69. The SMILES string of the molecule is CC(C)(C)C1=CN=NC(=O)C1. The second-order valence-electron chi connectivity index (χ2n) is 3.69. The minimum Gasteiger partial charge on any atom is -0.271 e. The van der Waals surface area contributed by atoms with Crippen LogP contribution in [0.15, 0.2) is 22.0 Å². The lowest BCUT2D eigenvalue weighted by Crippen LogP contribution is -2.14. The molecule has 60 valence electrons. The van der Waals surface area contributed by atoms with Crippen LogP contribution in [0.25, 0.3) is 0 Å². The quantitative estimate of drug-likeness (QED) is 0.525. The van der Waals surface area contributed by atoms with Crippen molar-refractivity contribution in [1.82, 2.24) is 0 Å². The Balaban J connectivity index is 2.83. The van der Waals surface area contributed by atoms with E-state index in [4.69, 9.17) is 0 Å². The van der Waals surface area contributed by atoms with E-state index in [2.05, 4.69) is 31.0 Å². The predicted molar refractivity (Wildman–Crippen MR) is 42.0 cm³/mol. The fourth-order valence-corrected chi connectivity index (χ4v) is 0.866. The lowest BCUT2D eigenvalue weighted by molar-refractivity contribution is -0.118. The summed E-state index contributed by atoms with van der Waals surface area (Å²) in [5.41, 5.74) is 1.09. The zero-order valence-corrected chi connectivity index (χ0v) is 7.09. The summed E-state index contributed by atoms with van der Waals surface area (Å²) < 4.78 is 0. The third-order valence-corrected chi connectivity index (χ3v) is 1.69. The monoisotopic (exact) mass is 152 g/mol. The van der Waals surface area contributed by atoms with Crippen LogP contribution >= 0.6 is 0 Å². The molecule has 0 aliphatic carbocycles. The Hall–Kier alpha value is -0.990. The molecule has 0 aromatic carbocycles. The number of azo groups is 1.